The van der Waals surface area contributed by atoms with Gasteiger partial charge in [-0.3, -0.25) is 4.79 Å². The molecule has 0 aliphatic rings. The Balaban J connectivity index is 3.84. The molecule has 0 radical (unpaired) electrons. The van der Waals surface area contributed by atoms with Crippen LogP contribution in [0.2, 0.25) is 0 Å². The molecule has 0 aliphatic carbocycles. The molecule has 96 valence electrons. The first kappa shape index (κ1) is 15.3. The molecule has 1 unspecified atom stereocenters. The maximum Gasteiger partial charge on any atom is 0.374 e. The summed E-state index contributed by atoms with van der Waals surface area (Å²) in [5, 5.41) is 9.29. The number of hydrogen-bond donors (Lipinski definition) is 1. The summed E-state index contributed by atoms with van der Waals surface area (Å²) in [6.07, 6.45) is -1.12. The average Bonchev–Trinajstić information content (AvgIpc) is 2.31. The van der Waals surface area contributed by atoms with Gasteiger partial charge in [-0.1, -0.05) is 13.5 Å². The molecule has 0 saturated heterocycles. The molecule has 0 heterocycles. The van der Waals surface area contributed by atoms with Gasteiger partial charge in [0.2, 0.25) is 5.78 Å². The second kappa shape index (κ2) is 7.56. The van der Waals surface area contributed by atoms with E-state index in [-0.39, 0.29) is 18.6 Å². The third-order valence-corrected chi connectivity index (χ3v) is 1.71. The minimum absolute atomic E-state index is 0.0412. The van der Waals surface area contributed by atoms with Crippen molar-refractivity contribution >= 4 is 17.7 Å². The van der Waals surface area contributed by atoms with Gasteiger partial charge in [-0.15, -0.1) is 0 Å². The fourth-order valence-electron chi connectivity index (χ4n) is 0.740. The van der Waals surface area contributed by atoms with Gasteiger partial charge in [0.1, 0.15) is 19.3 Å². The fraction of sp³-hybridized carbons (Fsp3) is 0.545. The van der Waals surface area contributed by atoms with Crippen LogP contribution >= 0.6 is 0 Å². The highest BCUT2D eigenvalue weighted by Crippen LogP contribution is 1.96. The topological polar surface area (TPSA) is 89.9 Å². The number of carbonyl (C=O) groups is 3. The first-order valence-electron chi connectivity index (χ1n) is 5.09. The molecule has 0 fully saturated rings. The molecule has 0 rings (SSSR count). The molecule has 17 heavy (non-hydrogen) atoms. The molecular formula is C11H16O6. The standard InChI is InChI=1S/C11H16O6/c1-4-9(13)11(15)17-6-8(12)5-16-10(14)7(2)3/h8,12H,2,4-6H2,1,3H3. The van der Waals surface area contributed by atoms with Crippen molar-refractivity contribution in [2.45, 2.75) is 26.4 Å². The number of esters is 2. The molecule has 0 aliphatic heterocycles. The summed E-state index contributed by atoms with van der Waals surface area (Å²) in [5.41, 5.74) is 0.204. The van der Waals surface area contributed by atoms with Gasteiger partial charge in [-0.2, -0.15) is 0 Å². The summed E-state index contributed by atoms with van der Waals surface area (Å²) in [7, 11) is 0. The Hall–Kier alpha value is -1.69. The summed E-state index contributed by atoms with van der Waals surface area (Å²) in [5.74, 6) is -2.31. The van der Waals surface area contributed by atoms with Crippen LogP contribution in [0.3, 0.4) is 0 Å². The Kier molecular flexibility index (Phi) is 6.81. The minimum atomic E-state index is -1.16. The zero-order valence-corrected chi connectivity index (χ0v) is 9.89. The van der Waals surface area contributed by atoms with E-state index in [2.05, 4.69) is 16.1 Å². The number of ketones is 1. The van der Waals surface area contributed by atoms with Crippen LogP contribution in [0.25, 0.3) is 0 Å². The van der Waals surface area contributed by atoms with Crippen molar-refractivity contribution in [1.82, 2.24) is 0 Å². The summed E-state index contributed by atoms with van der Waals surface area (Å²) in [6, 6.07) is 0. The SMILES string of the molecule is C=C(C)C(=O)OCC(O)COC(=O)C(=O)CC. The number of Topliss-reactive ketones (excluding diaryl/α,β-unsaturated/α-hetero) is 1. The van der Waals surface area contributed by atoms with E-state index < -0.39 is 30.4 Å². The number of aliphatic hydroxyl groups excluding tert-OH is 1. The number of carbonyl (C=O) groups excluding carboxylic acids is 3. The van der Waals surface area contributed by atoms with E-state index >= 15 is 0 Å². The highest BCUT2D eigenvalue weighted by atomic mass is 16.6. The average molecular weight is 244 g/mol. The first-order chi connectivity index (χ1) is 7.88. The zero-order valence-electron chi connectivity index (χ0n) is 9.89. The highest BCUT2D eigenvalue weighted by molar-refractivity contribution is 6.33. The number of aliphatic hydroxyl groups is 1. The maximum atomic E-state index is 10.9. The zero-order chi connectivity index (χ0) is 13.4. The molecule has 6 heteroatoms. The Morgan fingerprint density at radius 3 is 2.06 bits per heavy atom. The van der Waals surface area contributed by atoms with Gasteiger partial charge in [-0.05, 0) is 6.92 Å². The molecule has 0 aromatic rings. The molecule has 1 N–H and O–H groups in total. The molecule has 0 spiro atoms. The van der Waals surface area contributed by atoms with Crippen molar-refractivity contribution in [3.8, 4) is 0 Å². The molecule has 1 atom stereocenters. The van der Waals surface area contributed by atoms with E-state index in [1.54, 1.807) is 0 Å². The van der Waals surface area contributed by atoms with Gasteiger partial charge >= 0.3 is 11.9 Å². The molecule has 0 saturated carbocycles. The van der Waals surface area contributed by atoms with Crippen molar-refractivity contribution in [2.75, 3.05) is 13.2 Å². The first-order valence-corrected chi connectivity index (χ1v) is 5.09. The minimum Gasteiger partial charge on any atom is -0.459 e. The molecule has 0 aromatic heterocycles. The summed E-state index contributed by atoms with van der Waals surface area (Å²) >= 11 is 0. The van der Waals surface area contributed by atoms with E-state index in [9.17, 15) is 19.5 Å². The molecule has 6 nitrogen and oxygen atoms in total. The maximum absolute atomic E-state index is 10.9. The van der Waals surface area contributed by atoms with Crippen LogP contribution in [-0.4, -0.2) is 42.1 Å². The number of ether oxygens (including phenoxy) is 2. The summed E-state index contributed by atoms with van der Waals surface area (Å²) < 4.78 is 9.12. The Labute approximate surface area is 99.2 Å². The van der Waals surface area contributed by atoms with Crippen LogP contribution in [0.15, 0.2) is 12.2 Å². The van der Waals surface area contributed by atoms with Gasteiger partial charge in [0, 0.05) is 12.0 Å². The Bertz CT molecular complexity index is 320. The second-order valence-corrected chi connectivity index (χ2v) is 3.41. The van der Waals surface area contributed by atoms with Crippen molar-refractivity contribution < 1.29 is 29.0 Å². The lowest BCUT2D eigenvalue weighted by Gasteiger charge is -2.11. The van der Waals surface area contributed by atoms with E-state index in [1.165, 1.54) is 13.8 Å². The quantitative estimate of drug-likeness (QED) is 0.385. The normalized spacial score (nSPS) is 11.5. The van der Waals surface area contributed by atoms with E-state index in [0.717, 1.165) is 0 Å². The largest absolute Gasteiger partial charge is 0.459 e. The molecular weight excluding hydrogens is 228 g/mol. The molecule has 0 aromatic carbocycles. The fourth-order valence-corrected chi connectivity index (χ4v) is 0.740. The lowest BCUT2D eigenvalue weighted by molar-refractivity contribution is -0.157. The van der Waals surface area contributed by atoms with Crippen LogP contribution in [0.5, 0.6) is 0 Å². The van der Waals surface area contributed by atoms with Crippen LogP contribution in [0.4, 0.5) is 0 Å². The monoisotopic (exact) mass is 244 g/mol. The second-order valence-electron chi connectivity index (χ2n) is 3.41. The third-order valence-electron chi connectivity index (χ3n) is 1.71. The van der Waals surface area contributed by atoms with Crippen LogP contribution in [-0.2, 0) is 23.9 Å². The Morgan fingerprint density at radius 1 is 1.18 bits per heavy atom. The Morgan fingerprint density at radius 2 is 1.65 bits per heavy atom. The van der Waals surface area contributed by atoms with Gasteiger partial charge in [0.15, 0.2) is 0 Å². The van der Waals surface area contributed by atoms with Gasteiger partial charge < -0.3 is 14.6 Å². The summed E-state index contributed by atoms with van der Waals surface area (Å²) in [6.45, 7) is 5.63. The van der Waals surface area contributed by atoms with Crippen molar-refractivity contribution in [3.63, 3.8) is 0 Å². The van der Waals surface area contributed by atoms with Crippen LogP contribution in [0.1, 0.15) is 20.3 Å². The highest BCUT2D eigenvalue weighted by Gasteiger charge is 2.16. The van der Waals surface area contributed by atoms with Gasteiger partial charge in [-0.25, -0.2) is 9.59 Å². The number of rotatable bonds is 7. The van der Waals surface area contributed by atoms with Crippen LogP contribution in [0, 0.1) is 0 Å². The third kappa shape index (κ3) is 6.47. The lowest BCUT2D eigenvalue weighted by Crippen LogP contribution is -2.27. The summed E-state index contributed by atoms with van der Waals surface area (Å²) in [4.78, 5) is 32.7. The van der Waals surface area contributed by atoms with E-state index in [0.29, 0.717) is 0 Å². The number of hydrogen-bond acceptors (Lipinski definition) is 6. The lowest BCUT2D eigenvalue weighted by atomic mass is 10.3. The van der Waals surface area contributed by atoms with Crippen molar-refractivity contribution in [2.24, 2.45) is 0 Å². The van der Waals surface area contributed by atoms with Crippen LogP contribution < -0.4 is 0 Å². The van der Waals surface area contributed by atoms with E-state index in [4.69, 9.17) is 0 Å². The van der Waals surface area contributed by atoms with Gasteiger partial charge in [0.25, 0.3) is 0 Å². The van der Waals surface area contributed by atoms with Gasteiger partial charge in [0.05, 0.1) is 0 Å². The predicted molar refractivity (Wildman–Crippen MR) is 58.0 cm³/mol. The molecule has 0 bridgehead atoms. The van der Waals surface area contributed by atoms with E-state index in [1.807, 2.05) is 0 Å². The van der Waals surface area contributed by atoms with Crippen molar-refractivity contribution in [1.29, 1.82) is 0 Å². The van der Waals surface area contributed by atoms with Crippen molar-refractivity contribution in [3.05, 3.63) is 12.2 Å². The molecule has 0 amide bonds. The smallest absolute Gasteiger partial charge is 0.374 e. The predicted octanol–water partition coefficient (Wildman–Crippen LogP) is -0.0111.